The van der Waals surface area contributed by atoms with Crippen LogP contribution in [0.25, 0.3) is 0 Å². The normalized spacial score (nSPS) is 29.1. The van der Waals surface area contributed by atoms with Crippen LogP contribution in [0, 0.1) is 0 Å². The quantitative estimate of drug-likeness (QED) is 0.0201. The Hall–Kier alpha value is -1.73. The third-order valence-corrected chi connectivity index (χ3v) is 17.3. The van der Waals surface area contributed by atoms with Crippen LogP contribution in [-0.4, -0.2) is 193 Å². The minimum atomic E-state index is -1.97. The van der Waals surface area contributed by atoms with Gasteiger partial charge in [0.1, 0.15) is 73.2 Å². The molecule has 0 aliphatic carbocycles. The molecule has 0 aromatic heterocycles. The predicted octanol–water partition coefficient (Wildman–Crippen LogP) is 8.27. The SMILES string of the molecule is CCCCCC/C=C\C/C=C\CCCCCCCCCC(=O)NC(COC1OC(CO)C(OC2OC(CO)C(OC3OC(CO)C(O)C(O)C3O)C(O)C2O)C(O)C1O)C(O)CCCCCCCCCCCCCCCCCCCCCCCC. The molecule has 0 saturated carbocycles. The van der Waals surface area contributed by atoms with E-state index in [1.807, 2.05) is 0 Å². The summed E-state index contributed by atoms with van der Waals surface area (Å²) in [7, 11) is 0. The number of hydrogen-bond donors (Lipinski definition) is 12. The van der Waals surface area contributed by atoms with Crippen molar-refractivity contribution in [2.75, 3.05) is 26.4 Å². The molecule has 1 amide bonds. The summed E-state index contributed by atoms with van der Waals surface area (Å²) in [5.74, 6) is -0.248. The molecule has 19 heteroatoms. The summed E-state index contributed by atoms with van der Waals surface area (Å²) >= 11 is 0. The van der Waals surface area contributed by atoms with Crippen LogP contribution in [0.3, 0.4) is 0 Å². The van der Waals surface area contributed by atoms with E-state index in [1.165, 1.54) is 154 Å². The van der Waals surface area contributed by atoms with Crippen molar-refractivity contribution in [3.05, 3.63) is 24.3 Å². The van der Waals surface area contributed by atoms with E-state index >= 15 is 0 Å². The van der Waals surface area contributed by atoms with Gasteiger partial charge in [-0.05, 0) is 44.9 Å². The highest BCUT2D eigenvalue weighted by Gasteiger charge is 2.53. The molecular weight excluding hydrogens is 1090 g/mol. The number of aliphatic hydroxyl groups excluding tert-OH is 11. The van der Waals surface area contributed by atoms with Gasteiger partial charge in [0.2, 0.25) is 5.91 Å². The molecule has 500 valence electrons. The van der Waals surface area contributed by atoms with Crippen LogP contribution in [-0.2, 0) is 33.2 Å². The lowest BCUT2D eigenvalue weighted by atomic mass is 9.96. The molecule has 0 bridgehead atoms. The molecule has 3 heterocycles. The topological polar surface area (TPSA) is 307 Å². The molecule has 3 saturated heterocycles. The van der Waals surface area contributed by atoms with E-state index in [-0.39, 0.29) is 18.9 Å². The lowest BCUT2D eigenvalue weighted by molar-refractivity contribution is -0.379. The minimum absolute atomic E-state index is 0.248. The second kappa shape index (κ2) is 49.0. The molecule has 0 spiro atoms. The first-order valence-electron chi connectivity index (χ1n) is 34.1. The van der Waals surface area contributed by atoms with Crippen LogP contribution in [0.2, 0.25) is 0 Å². The molecule has 3 fully saturated rings. The Morgan fingerprint density at radius 3 is 1.21 bits per heavy atom. The molecule has 0 aromatic carbocycles. The van der Waals surface area contributed by atoms with E-state index in [0.29, 0.717) is 12.8 Å². The number of carbonyl (C=O) groups excluding carboxylic acids is 1. The molecule has 12 N–H and O–H groups in total. The van der Waals surface area contributed by atoms with Crippen molar-refractivity contribution in [3.8, 4) is 0 Å². The van der Waals surface area contributed by atoms with Crippen LogP contribution in [0.15, 0.2) is 24.3 Å². The van der Waals surface area contributed by atoms with Crippen molar-refractivity contribution in [2.24, 2.45) is 0 Å². The smallest absolute Gasteiger partial charge is 0.220 e. The summed E-state index contributed by atoms with van der Waals surface area (Å²) in [5.41, 5.74) is 0. The van der Waals surface area contributed by atoms with E-state index in [4.69, 9.17) is 28.4 Å². The Morgan fingerprint density at radius 2 is 0.776 bits per heavy atom. The number of hydrogen-bond acceptors (Lipinski definition) is 18. The average Bonchev–Trinajstić information content (AvgIpc) is 3.07. The van der Waals surface area contributed by atoms with Crippen molar-refractivity contribution < 1.29 is 89.4 Å². The van der Waals surface area contributed by atoms with Gasteiger partial charge in [0.25, 0.3) is 0 Å². The van der Waals surface area contributed by atoms with E-state index in [2.05, 4.69) is 43.5 Å². The van der Waals surface area contributed by atoms with Crippen LogP contribution in [0.5, 0.6) is 0 Å². The van der Waals surface area contributed by atoms with E-state index in [9.17, 15) is 61.0 Å². The Morgan fingerprint density at radius 1 is 0.424 bits per heavy atom. The zero-order chi connectivity index (χ0) is 61.9. The number of ether oxygens (including phenoxy) is 6. The first-order chi connectivity index (χ1) is 41.3. The number of rotatable bonds is 52. The van der Waals surface area contributed by atoms with E-state index in [0.717, 1.165) is 70.6 Å². The standard InChI is InChI=1S/C66H123NO18/c1-3-5-7-9-11-13-15-17-19-21-23-24-25-26-27-29-31-33-35-37-39-41-43-50(71)49(67-54(72)44-42-40-38-36-34-32-30-28-22-20-18-16-14-12-10-8-6-4-2)48-80-64-60(78)57(75)62(52(46-69)82-64)85-66-61(79)58(76)63(53(47-70)83-66)84-65-59(77)56(74)55(73)51(45-68)81-65/h14,16,20,22,49-53,55-66,68-71,73-79H,3-13,15,17-19,21,23-48H2,1-2H3,(H,67,72)/b16-14-,22-20-. The van der Waals surface area contributed by atoms with Crippen LogP contribution in [0.4, 0.5) is 0 Å². The van der Waals surface area contributed by atoms with Gasteiger partial charge in [-0.25, -0.2) is 0 Å². The van der Waals surface area contributed by atoms with E-state index in [1.54, 1.807) is 0 Å². The second-order valence-corrected chi connectivity index (χ2v) is 24.6. The Kier molecular flexibility index (Phi) is 44.7. The highest BCUT2D eigenvalue weighted by molar-refractivity contribution is 5.76. The number of nitrogens with one attached hydrogen (secondary N) is 1. The number of unbranched alkanes of at least 4 members (excludes halogenated alkanes) is 32. The number of allylic oxidation sites excluding steroid dienone is 4. The van der Waals surface area contributed by atoms with Gasteiger partial charge in [0.05, 0.1) is 38.6 Å². The zero-order valence-corrected chi connectivity index (χ0v) is 52.6. The van der Waals surface area contributed by atoms with Gasteiger partial charge in [0, 0.05) is 6.42 Å². The summed E-state index contributed by atoms with van der Waals surface area (Å²) in [6, 6.07) is -0.890. The summed E-state index contributed by atoms with van der Waals surface area (Å²) in [4.78, 5) is 13.4. The molecule has 17 unspecified atom stereocenters. The first-order valence-corrected chi connectivity index (χ1v) is 34.1. The van der Waals surface area contributed by atoms with Gasteiger partial charge in [-0.2, -0.15) is 0 Å². The molecule has 3 aliphatic rings. The highest BCUT2D eigenvalue weighted by Crippen LogP contribution is 2.33. The van der Waals surface area contributed by atoms with Gasteiger partial charge in [-0.15, -0.1) is 0 Å². The van der Waals surface area contributed by atoms with Crippen molar-refractivity contribution in [2.45, 2.75) is 362 Å². The summed E-state index contributed by atoms with van der Waals surface area (Å²) in [5, 5.41) is 121. The van der Waals surface area contributed by atoms with Gasteiger partial charge in [-0.1, -0.05) is 231 Å². The van der Waals surface area contributed by atoms with Crippen molar-refractivity contribution in [3.63, 3.8) is 0 Å². The number of aliphatic hydroxyl groups is 11. The van der Waals surface area contributed by atoms with Gasteiger partial charge < -0.3 is 89.9 Å². The molecule has 3 aliphatic heterocycles. The summed E-state index contributed by atoms with van der Waals surface area (Å²) in [6.07, 6.45) is 26.8. The largest absolute Gasteiger partial charge is 0.394 e. The Labute approximate surface area is 511 Å². The van der Waals surface area contributed by atoms with Gasteiger partial charge in [0.15, 0.2) is 18.9 Å². The minimum Gasteiger partial charge on any atom is -0.394 e. The van der Waals surface area contributed by atoms with Crippen LogP contribution < -0.4 is 5.32 Å². The first kappa shape index (κ1) is 77.5. The molecule has 3 rings (SSSR count). The molecule has 19 nitrogen and oxygen atoms in total. The molecule has 0 aromatic rings. The molecule has 0 radical (unpaired) electrons. The third kappa shape index (κ3) is 31.7. The Balaban J connectivity index is 1.45. The Bertz CT molecular complexity index is 1640. The summed E-state index contributed by atoms with van der Waals surface area (Å²) in [6.45, 7) is 1.80. The fourth-order valence-electron chi connectivity index (χ4n) is 11.7. The third-order valence-electron chi connectivity index (χ3n) is 17.3. The maximum absolute atomic E-state index is 13.4. The van der Waals surface area contributed by atoms with Crippen molar-refractivity contribution >= 4 is 5.91 Å². The number of carbonyl (C=O) groups is 1. The average molecular weight is 1220 g/mol. The maximum atomic E-state index is 13.4. The second-order valence-electron chi connectivity index (χ2n) is 24.6. The van der Waals surface area contributed by atoms with Gasteiger partial charge >= 0.3 is 0 Å². The van der Waals surface area contributed by atoms with Crippen LogP contribution in [0.1, 0.15) is 258 Å². The molecule has 85 heavy (non-hydrogen) atoms. The predicted molar refractivity (Wildman–Crippen MR) is 328 cm³/mol. The van der Waals surface area contributed by atoms with Crippen molar-refractivity contribution in [1.82, 2.24) is 5.32 Å². The monoisotopic (exact) mass is 1220 g/mol. The van der Waals surface area contributed by atoms with Crippen LogP contribution >= 0.6 is 0 Å². The molecular formula is C66H123NO18. The molecule has 17 atom stereocenters. The highest BCUT2D eigenvalue weighted by atomic mass is 16.8. The lowest BCUT2D eigenvalue weighted by Crippen LogP contribution is -2.66. The van der Waals surface area contributed by atoms with Crippen molar-refractivity contribution in [1.29, 1.82) is 0 Å². The van der Waals surface area contributed by atoms with Gasteiger partial charge in [-0.3, -0.25) is 4.79 Å². The van der Waals surface area contributed by atoms with E-state index < -0.39 is 124 Å². The maximum Gasteiger partial charge on any atom is 0.220 e. The lowest BCUT2D eigenvalue weighted by Gasteiger charge is -2.48. The number of amides is 1. The fourth-order valence-corrected chi connectivity index (χ4v) is 11.7. The fraction of sp³-hybridized carbons (Fsp3) is 0.924. The zero-order valence-electron chi connectivity index (χ0n) is 52.6. The summed E-state index contributed by atoms with van der Waals surface area (Å²) < 4.78 is 34.4.